The number of hydrogen-bond acceptors (Lipinski definition) is 2. The Morgan fingerprint density at radius 3 is 2.89 bits per heavy atom. The molecule has 0 aromatic heterocycles. The van der Waals surface area contributed by atoms with E-state index in [1.165, 1.54) is 43.2 Å². The van der Waals surface area contributed by atoms with Gasteiger partial charge in [-0.05, 0) is 57.2 Å². The van der Waals surface area contributed by atoms with Gasteiger partial charge < -0.3 is 10.4 Å². The molecular formula is C17H25NO. The molecule has 1 aliphatic heterocycles. The molecule has 1 aliphatic carbocycles. The second-order valence-corrected chi connectivity index (χ2v) is 6.47. The lowest BCUT2D eigenvalue weighted by atomic mass is 9.56. The van der Waals surface area contributed by atoms with Crippen molar-refractivity contribution < 1.29 is 5.11 Å². The van der Waals surface area contributed by atoms with E-state index in [4.69, 9.17) is 0 Å². The Morgan fingerprint density at radius 1 is 1.26 bits per heavy atom. The van der Waals surface area contributed by atoms with Gasteiger partial charge in [0.05, 0.1) is 0 Å². The molecule has 1 saturated heterocycles. The third-order valence-electron chi connectivity index (χ3n) is 5.49. The van der Waals surface area contributed by atoms with Crippen molar-refractivity contribution in [1.29, 1.82) is 0 Å². The summed E-state index contributed by atoms with van der Waals surface area (Å²) in [7, 11) is 0. The van der Waals surface area contributed by atoms with E-state index in [9.17, 15) is 5.11 Å². The first-order valence-corrected chi connectivity index (χ1v) is 7.67. The average Bonchev–Trinajstić information content (AvgIpc) is 2.39. The van der Waals surface area contributed by atoms with Crippen LogP contribution in [0.4, 0.5) is 0 Å². The van der Waals surface area contributed by atoms with Crippen molar-refractivity contribution >= 4 is 0 Å². The molecule has 0 amide bonds. The molecule has 1 aromatic carbocycles. The normalized spacial score (nSPS) is 34.8. The Labute approximate surface area is 116 Å². The van der Waals surface area contributed by atoms with E-state index >= 15 is 0 Å². The summed E-state index contributed by atoms with van der Waals surface area (Å²) in [6, 6.07) is 6.55. The maximum absolute atomic E-state index is 10.4. The van der Waals surface area contributed by atoms with Crippen LogP contribution in [0, 0.1) is 12.8 Å². The van der Waals surface area contributed by atoms with E-state index in [1.807, 2.05) is 12.1 Å². The molecule has 3 atom stereocenters. The molecule has 2 fully saturated rings. The molecule has 0 bridgehead atoms. The van der Waals surface area contributed by atoms with Gasteiger partial charge in [-0.3, -0.25) is 0 Å². The zero-order valence-electron chi connectivity index (χ0n) is 12.1. The number of phenols is 1. The summed E-state index contributed by atoms with van der Waals surface area (Å²) < 4.78 is 0. The molecular weight excluding hydrogens is 234 g/mol. The topological polar surface area (TPSA) is 32.3 Å². The van der Waals surface area contributed by atoms with E-state index < -0.39 is 0 Å². The zero-order valence-corrected chi connectivity index (χ0v) is 12.1. The Kier molecular flexibility index (Phi) is 3.30. The molecule has 104 valence electrons. The number of piperidine rings is 1. The van der Waals surface area contributed by atoms with Gasteiger partial charge in [-0.1, -0.05) is 25.0 Å². The van der Waals surface area contributed by atoms with E-state index in [1.54, 1.807) is 0 Å². The van der Waals surface area contributed by atoms with Gasteiger partial charge >= 0.3 is 0 Å². The third kappa shape index (κ3) is 1.97. The Balaban J connectivity index is 2.12. The van der Waals surface area contributed by atoms with Gasteiger partial charge in [0, 0.05) is 17.0 Å². The van der Waals surface area contributed by atoms with Crippen LogP contribution in [0.3, 0.4) is 0 Å². The molecule has 2 unspecified atom stereocenters. The van der Waals surface area contributed by atoms with Crippen molar-refractivity contribution in [2.24, 2.45) is 5.92 Å². The van der Waals surface area contributed by atoms with Crippen LogP contribution in [0.2, 0.25) is 0 Å². The van der Waals surface area contributed by atoms with Gasteiger partial charge in [0.15, 0.2) is 0 Å². The Bertz CT molecular complexity index is 446. The fourth-order valence-electron chi connectivity index (χ4n) is 4.71. The van der Waals surface area contributed by atoms with Gasteiger partial charge in [0.25, 0.3) is 0 Å². The van der Waals surface area contributed by atoms with Crippen molar-refractivity contribution in [1.82, 2.24) is 5.32 Å². The van der Waals surface area contributed by atoms with Crippen LogP contribution in [0.25, 0.3) is 0 Å². The maximum atomic E-state index is 10.4. The average molecular weight is 259 g/mol. The molecule has 19 heavy (non-hydrogen) atoms. The van der Waals surface area contributed by atoms with Crippen LogP contribution in [-0.4, -0.2) is 17.7 Å². The van der Waals surface area contributed by atoms with Gasteiger partial charge in [-0.2, -0.15) is 0 Å². The number of aryl methyl sites for hydroxylation is 1. The minimum absolute atomic E-state index is 0.207. The highest BCUT2D eigenvalue weighted by atomic mass is 16.3. The minimum Gasteiger partial charge on any atom is -0.508 e. The SMILES string of the molecule is Cc1cccc(O)c1[C@@]12CCCCC1C(C)NCC2. The lowest BCUT2D eigenvalue weighted by Gasteiger charge is -2.52. The number of rotatable bonds is 1. The molecule has 2 aliphatic rings. The summed E-state index contributed by atoms with van der Waals surface area (Å²) >= 11 is 0. The number of phenolic OH excluding ortho intramolecular Hbond substituents is 1. The van der Waals surface area contributed by atoms with Gasteiger partial charge in [-0.25, -0.2) is 0 Å². The van der Waals surface area contributed by atoms with Crippen LogP contribution in [0.15, 0.2) is 18.2 Å². The van der Waals surface area contributed by atoms with Crippen LogP contribution in [0.5, 0.6) is 5.75 Å². The predicted octanol–water partition coefficient (Wildman–Crippen LogP) is 3.51. The Hall–Kier alpha value is -1.02. The van der Waals surface area contributed by atoms with Crippen LogP contribution < -0.4 is 5.32 Å². The van der Waals surface area contributed by atoms with Crippen molar-refractivity contribution in [3.63, 3.8) is 0 Å². The molecule has 2 heteroatoms. The molecule has 2 nitrogen and oxygen atoms in total. The lowest BCUT2D eigenvalue weighted by Crippen LogP contribution is -2.54. The van der Waals surface area contributed by atoms with E-state index in [2.05, 4.69) is 25.2 Å². The minimum atomic E-state index is 0.207. The summed E-state index contributed by atoms with van der Waals surface area (Å²) in [5.74, 6) is 1.18. The first-order chi connectivity index (χ1) is 9.15. The molecule has 1 heterocycles. The zero-order chi connectivity index (χ0) is 13.5. The van der Waals surface area contributed by atoms with E-state index in [-0.39, 0.29) is 5.41 Å². The van der Waals surface area contributed by atoms with Gasteiger partial charge in [-0.15, -0.1) is 0 Å². The van der Waals surface area contributed by atoms with Crippen LogP contribution in [0.1, 0.15) is 50.2 Å². The van der Waals surface area contributed by atoms with Crippen molar-refractivity contribution in [2.75, 3.05) is 6.54 Å². The van der Waals surface area contributed by atoms with Crippen LogP contribution >= 0.6 is 0 Å². The van der Waals surface area contributed by atoms with Crippen molar-refractivity contribution in [2.45, 2.75) is 57.4 Å². The van der Waals surface area contributed by atoms with Crippen molar-refractivity contribution in [3.8, 4) is 5.75 Å². The molecule has 2 N–H and O–H groups in total. The summed E-state index contributed by atoms with van der Waals surface area (Å²) in [5, 5.41) is 14.1. The molecule has 0 spiro atoms. The van der Waals surface area contributed by atoms with E-state index in [0.29, 0.717) is 17.7 Å². The number of hydrogen-bond donors (Lipinski definition) is 2. The standard InChI is InChI=1S/C17H25NO/c1-12-6-5-8-15(19)16(12)17-9-4-3-7-14(17)13(2)18-11-10-17/h5-6,8,13-14,18-19H,3-4,7,9-11H2,1-2H3/t13?,14?,17-/m1/s1. The number of nitrogens with one attached hydrogen (secondary N) is 1. The van der Waals surface area contributed by atoms with Crippen molar-refractivity contribution in [3.05, 3.63) is 29.3 Å². The van der Waals surface area contributed by atoms with E-state index in [0.717, 1.165) is 6.54 Å². The molecule has 1 saturated carbocycles. The fraction of sp³-hybridized carbons (Fsp3) is 0.647. The quantitative estimate of drug-likeness (QED) is 0.809. The number of benzene rings is 1. The fourth-order valence-corrected chi connectivity index (χ4v) is 4.71. The largest absolute Gasteiger partial charge is 0.508 e. The number of aromatic hydroxyl groups is 1. The van der Waals surface area contributed by atoms with Gasteiger partial charge in [0.2, 0.25) is 0 Å². The molecule has 3 rings (SSSR count). The summed E-state index contributed by atoms with van der Waals surface area (Å²) in [4.78, 5) is 0. The smallest absolute Gasteiger partial charge is 0.119 e. The van der Waals surface area contributed by atoms with Gasteiger partial charge in [0.1, 0.15) is 5.75 Å². The third-order valence-corrected chi connectivity index (χ3v) is 5.49. The first-order valence-electron chi connectivity index (χ1n) is 7.67. The summed E-state index contributed by atoms with van der Waals surface area (Å²) in [6.07, 6.45) is 6.34. The molecule has 1 aromatic rings. The Morgan fingerprint density at radius 2 is 2.11 bits per heavy atom. The molecule has 0 radical (unpaired) electrons. The number of fused-ring (bicyclic) bond motifs is 1. The predicted molar refractivity (Wildman–Crippen MR) is 78.6 cm³/mol. The highest BCUT2D eigenvalue weighted by molar-refractivity contribution is 5.46. The summed E-state index contributed by atoms with van der Waals surface area (Å²) in [6.45, 7) is 5.55. The monoisotopic (exact) mass is 259 g/mol. The highest BCUT2D eigenvalue weighted by Crippen LogP contribution is 2.52. The lowest BCUT2D eigenvalue weighted by molar-refractivity contribution is 0.0976. The maximum Gasteiger partial charge on any atom is 0.119 e. The second kappa shape index (κ2) is 4.82. The second-order valence-electron chi connectivity index (χ2n) is 6.47. The first kappa shape index (κ1) is 13.0. The summed E-state index contributed by atoms with van der Waals surface area (Å²) in [5.41, 5.74) is 2.72. The highest BCUT2D eigenvalue weighted by Gasteiger charge is 2.48. The van der Waals surface area contributed by atoms with Crippen LogP contribution in [-0.2, 0) is 5.41 Å².